The first-order valence-corrected chi connectivity index (χ1v) is 6.60. The van der Waals surface area contributed by atoms with Crippen molar-refractivity contribution in [1.82, 2.24) is 4.98 Å². The second kappa shape index (κ2) is 5.39. The van der Waals surface area contributed by atoms with E-state index in [9.17, 15) is 0 Å². The number of nitrogens with zero attached hydrogens (tertiary/aromatic N) is 3. The van der Waals surface area contributed by atoms with Gasteiger partial charge in [-0.1, -0.05) is 19.9 Å². The molecule has 94 valence electrons. The van der Waals surface area contributed by atoms with Gasteiger partial charge in [0, 0.05) is 26.7 Å². The Bertz CT molecular complexity index is 356. The molecule has 0 atom stereocenters. The maximum Gasteiger partial charge on any atom is 0.130 e. The Balaban J connectivity index is 2.10. The van der Waals surface area contributed by atoms with Crippen molar-refractivity contribution in [1.29, 1.82) is 0 Å². The number of pyridine rings is 1. The molecule has 0 aromatic carbocycles. The summed E-state index contributed by atoms with van der Waals surface area (Å²) in [6.07, 6.45) is 2.60. The van der Waals surface area contributed by atoms with Gasteiger partial charge in [0.2, 0.25) is 0 Å². The van der Waals surface area contributed by atoms with E-state index in [1.54, 1.807) is 0 Å². The fraction of sp³-hybridized carbons (Fsp3) is 0.643. The molecule has 0 N–H and O–H groups in total. The lowest BCUT2D eigenvalue weighted by Gasteiger charge is -2.23. The van der Waals surface area contributed by atoms with E-state index in [-0.39, 0.29) is 0 Å². The summed E-state index contributed by atoms with van der Waals surface area (Å²) in [7, 11) is 2.12. The maximum atomic E-state index is 4.76. The van der Waals surface area contributed by atoms with Gasteiger partial charge in [-0.3, -0.25) is 0 Å². The Kier molecular flexibility index (Phi) is 3.87. The van der Waals surface area contributed by atoms with Crippen LogP contribution in [0.3, 0.4) is 0 Å². The maximum absolute atomic E-state index is 4.76. The molecule has 2 heterocycles. The zero-order valence-electron chi connectivity index (χ0n) is 11.2. The van der Waals surface area contributed by atoms with Gasteiger partial charge in [-0.05, 0) is 30.9 Å². The van der Waals surface area contributed by atoms with Gasteiger partial charge in [0.05, 0.1) is 0 Å². The molecule has 0 radical (unpaired) electrons. The van der Waals surface area contributed by atoms with Crippen molar-refractivity contribution >= 4 is 11.6 Å². The van der Waals surface area contributed by atoms with E-state index in [0.29, 0.717) is 5.92 Å². The van der Waals surface area contributed by atoms with E-state index < -0.39 is 0 Å². The number of rotatable bonds is 4. The van der Waals surface area contributed by atoms with Crippen LogP contribution in [0.1, 0.15) is 26.7 Å². The molecule has 3 nitrogen and oxygen atoms in total. The molecular formula is C14H23N3. The lowest BCUT2D eigenvalue weighted by atomic mass is 10.2. The van der Waals surface area contributed by atoms with Gasteiger partial charge >= 0.3 is 0 Å². The van der Waals surface area contributed by atoms with Crippen LogP contribution in [0.2, 0.25) is 0 Å². The summed E-state index contributed by atoms with van der Waals surface area (Å²) in [6.45, 7) is 7.84. The summed E-state index contributed by atoms with van der Waals surface area (Å²) in [5.41, 5.74) is 0. The van der Waals surface area contributed by atoms with Crippen LogP contribution >= 0.6 is 0 Å². The second-order valence-corrected chi connectivity index (χ2v) is 5.32. The second-order valence-electron chi connectivity index (χ2n) is 5.32. The Morgan fingerprint density at radius 3 is 2.65 bits per heavy atom. The summed E-state index contributed by atoms with van der Waals surface area (Å²) >= 11 is 0. The molecule has 0 spiro atoms. The van der Waals surface area contributed by atoms with E-state index >= 15 is 0 Å². The largest absolute Gasteiger partial charge is 0.359 e. The molecule has 1 saturated heterocycles. The van der Waals surface area contributed by atoms with Gasteiger partial charge in [-0.2, -0.15) is 0 Å². The number of hydrogen-bond donors (Lipinski definition) is 0. The molecule has 0 unspecified atom stereocenters. The average Bonchev–Trinajstić information content (AvgIpc) is 2.82. The van der Waals surface area contributed by atoms with Crippen LogP contribution in [0.25, 0.3) is 0 Å². The molecular weight excluding hydrogens is 210 g/mol. The molecule has 1 aromatic rings. The average molecular weight is 233 g/mol. The lowest BCUT2D eigenvalue weighted by molar-refractivity contribution is 0.634. The number of anilines is 2. The highest BCUT2D eigenvalue weighted by Gasteiger charge is 2.14. The molecule has 2 rings (SSSR count). The SMILES string of the molecule is CC(C)CN(C)c1cccc(N2CCCC2)n1. The first-order chi connectivity index (χ1) is 8.16. The van der Waals surface area contributed by atoms with Crippen molar-refractivity contribution in [3.8, 4) is 0 Å². The number of hydrogen-bond acceptors (Lipinski definition) is 3. The van der Waals surface area contributed by atoms with Gasteiger partial charge in [0.15, 0.2) is 0 Å². The van der Waals surface area contributed by atoms with E-state index in [1.165, 1.54) is 12.8 Å². The van der Waals surface area contributed by atoms with Crippen molar-refractivity contribution < 1.29 is 0 Å². The van der Waals surface area contributed by atoms with E-state index in [2.05, 4.69) is 48.9 Å². The lowest BCUT2D eigenvalue weighted by Crippen LogP contribution is -2.25. The Hall–Kier alpha value is -1.25. The molecule has 1 aromatic heterocycles. The molecule has 0 bridgehead atoms. The smallest absolute Gasteiger partial charge is 0.130 e. The predicted octanol–water partition coefficient (Wildman–Crippen LogP) is 2.77. The van der Waals surface area contributed by atoms with E-state index in [4.69, 9.17) is 4.98 Å². The molecule has 1 aliphatic rings. The van der Waals surface area contributed by atoms with Crippen molar-refractivity contribution in [2.75, 3.05) is 36.5 Å². The molecule has 0 aliphatic carbocycles. The van der Waals surface area contributed by atoms with Crippen molar-refractivity contribution in [2.24, 2.45) is 5.92 Å². The molecule has 3 heteroatoms. The third kappa shape index (κ3) is 3.11. The van der Waals surface area contributed by atoms with Crippen LogP contribution < -0.4 is 9.80 Å². The van der Waals surface area contributed by atoms with Crippen LogP contribution in [-0.2, 0) is 0 Å². The van der Waals surface area contributed by atoms with Crippen LogP contribution in [0, 0.1) is 5.92 Å². The van der Waals surface area contributed by atoms with Gasteiger partial charge in [0.25, 0.3) is 0 Å². The molecule has 0 amide bonds. The number of aromatic nitrogens is 1. The molecule has 0 saturated carbocycles. The van der Waals surface area contributed by atoms with Crippen LogP contribution in [0.4, 0.5) is 11.6 Å². The zero-order valence-corrected chi connectivity index (χ0v) is 11.2. The third-order valence-corrected chi connectivity index (χ3v) is 3.18. The Labute approximate surface area is 104 Å². The topological polar surface area (TPSA) is 19.4 Å². The van der Waals surface area contributed by atoms with Crippen LogP contribution in [0.5, 0.6) is 0 Å². The van der Waals surface area contributed by atoms with Crippen molar-refractivity contribution in [3.05, 3.63) is 18.2 Å². The van der Waals surface area contributed by atoms with Gasteiger partial charge in [0.1, 0.15) is 11.6 Å². The first-order valence-electron chi connectivity index (χ1n) is 6.60. The van der Waals surface area contributed by atoms with Crippen molar-refractivity contribution in [3.63, 3.8) is 0 Å². The monoisotopic (exact) mass is 233 g/mol. The predicted molar refractivity (Wildman–Crippen MR) is 73.8 cm³/mol. The third-order valence-electron chi connectivity index (χ3n) is 3.18. The highest BCUT2D eigenvalue weighted by Crippen LogP contribution is 2.21. The van der Waals surface area contributed by atoms with Crippen LogP contribution in [0.15, 0.2) is 18.2 Å². The highest BCUT2D eigenvalue weighted by molar-refractivity contribution is 5.48. The quantitative estimate of drug-likeness (QED) is 0.797. The standard InChI is InChI=1S/C14H23N3/c1-12(2)11-16(3)13-7-6-8-14(15-13)17-9-4-5-10-17/h6-8,12H,4-5,9-11H2,1-3H3. The highest BCUT2D eigenvalue weighted by atomic mass is 15.2. The summed E-state index contributed by atoms with van der Waals surface area (Å²) in [5.74, 6) is 2.89. The summed E-state index contributed by atoms with van der Waals surface area (Å²) in [6, 6.07) is 6.34. The van der Waals surface area contributed by atoms with E-state index in [1.807, 2.05) is 0 Å². The fourth-order valence-electron chi connectivity index (χ4n) is 2.39. The minimum Gasteiger partial charge on any atom is -0.359 e. The Morgan fingerprint density at radius 2 is 2.00 bits per heavy atom. The molecule has 1 aliphatic heterocycles. The first kappa shape index (κ1) is 12.2. The summed E-state index contributed by atoms with van der Waals surface area (Å²) < 4.78 is 0. The molecule has 1 fully saturated rings. The summed E-state index contributed by atoms with van der Waals surface area (Å²) in [4.78, 5) is 9.38. The van der Waals surface area contributed by atoms with Gasteiger partial charge in [-0.25, -0.2) is 4.98 Å². The normalized spacial score (nSPS) is 15.6. The van der Waals surface area contributed by atoms with E-state index in [0.717, 1.165) is 31.3 Å². The summed E-state index contributed by atoms with van der Waals surface area (Å²) in [5, 5.41) is 0. The zero-order chi connectivity index (χ0) is 12.3. The minimum absolute atomic E-state index is 0.664. The fourth-order valence-corrected chi connectivity index (χ4v) is 2.39. The van der Waals surface area contributed by atoms with Crippen LogP contribution in [-0.4, -0.2) is 31.7 Å². The van der Waals surface area contributed by atoms with Gasteiger partial charge < -0.3 is 9.80 Å². The molecule has 17 heavy (non-hydrogen) atoms. The Morgan fingerprint density at radius 1 is 1.29 bits per heavy atom. The van der Waals surface area contributed by atoms with Crippen molar-refractivity contribution in [2.45, 2.75) is 26.7 Å². The minimum atomic E-state index is 0.664. The van der Waals surface area contributed by atoms with Gasteiger partial charge in [-0.15, -0.1) is 0 Å².